The van der Waals surface area contributed by atoms with Gasteiger partial charge in [-0.05, 0) is 37.1 Å². The maximum atomic E-state index is 12.3. The smallest absolute Gasteiger partial charge is 0.337 e. The molecule has 0 N–H and O–H groups in total. The molecule has 1 fully saturated rings. The molecule has 1 aromatic rings. The summed E-state index contributed by atoms with van der Waals surface area (Å²) >= 11 is 0. The fourth-order valence-corrected chi connectivity index (χ4v) is 2.50. The molecule has 0 bridgehead atoms. The lowest BCUT2D eigenvalue weighted by molar-refractivity contribution is -0.525. The van der Waals surface area contributed by atoms with E-state index in [0.29, 0.717) is 24.0 Å². The van der Waals surface area contributed by atoms with Gasteiger partial charge in [-0.1, -0.05) is 0 Å². The van der Waals surface area contributed by atoms with Gasteiger partial charge in [0.15, 0.2) is 6.21 Å². The summed E-state index contributed by atoms with van der Waals surface area (Å²) in [5.41, 5.74) is 0.100. The Labute approximate surface area is 123 Å². The number of benzene rings is 1. The van der Waals surface area contributed by atoms with E-state index in [1.807, 2.05) is 0 Å². The minimum Gasteiger partial charge on any atom is -0.623 e. The van der Waals surface area contributed by atoms with E-state index in [4.69, 9.17) is 0 Å². The molecule has 1 atom stereocenters. The number of hydrogen-bond donors (Lipinski definition) is 0. The summed E-state index contributed by atoms with van der Waals surface area (Å²) in [6.07, 6.45) is 4.19. The molecule has 1 aliphatic carbocycles. The molecule has 1 aliphatic rings. The zero-order chi connectivity index (χ0) is 15.5. The monoisotopic (exact) mass is 289 g/mol. The first-order valence-electron chi connectivity index (χ1n) is 7.00. The van der Waals surface area contributed by atoms with Gasteiger partial charge in [0.1, 0.15) is 0 Å². The third kappa shape index (κ3) is 3.12. The predicted molar refractivity (Wildman–Crippen MR) is 78.5 cm³/mol. The second kappa shape index (κ2) is 6.08. The van der Waals surface area contributed by atoms with Gasteiger partial charge in [0.05, 0.1) is 12.7 Å². The highest BCUT2D eigenvalue weighted by Crippen LogP contribution is 2.27. The van der Waals surface area contributed by atoms with Crippen LogP contribution in [0.5, 0.6) is 0 Å². The molecule has 0 radical (unpaired) electrons. The van der Waals surface area contributed by atoms with Gasteiger partial charge >= 0.3 is 5.97 Å². The van der Waals surface area contributed by atoms with Crippen molar-refractivity contribution >= 4 is 18.0 Å². The molecular weight excluding hydrogens is 270 g/mol. The number of rotatable bonds is 3. The Bertz CT molecular complexity index is 576. The van der Waals surface area contributed by atoms with Gasteiger partial charge in [0.25, 0.3) is 0 Å². The molecule has 0 heterocycles. The Morgan fingerprint density at radius 2 is 2.00 bits per heavy atom. The van der Waals surface area contributed by atoms with E-state index in [-0.39, 0.29) is 5.78 Å². The standard InChI is InChI=1S/C16H19NO4/c1-16(10-4-3-5-14(16)18)17(20)11-12-6-8-13(9-7-12)15(19)21-2/h6-9,11H,3-5,10H2,1-2H3/b17-11-. The third-order valence-corrected chi connectivity index (χ3v) is 4.00. The fourth-order valence-electron chi connectivity index (χ4n) is 2.50. The number of esters is 1. The molecule has 112 valence electrons. The minimum atomic E-state index is -0.973. The molecular formula is C16H19NO4. The molecule has 0 spiro atoms. The van der Waals surface area contributed by atoms with Crippen molar-refractivity contribution in [2.24, 2.45) is 0 Å². The van der Waals surface area contributed by atoms with Crippen molar-refractivity contribution in [3.63, 3.8) is 0 Å². The Morgan fingerprint density at radius 1 is 1.33 bits per heavy atom. The number of hydrogen-bond acceptors (Lipinski definition) is 4. The van der Waals surface area contributed by atoms with E-state index < -0.39 is 11.5 Å². The molecule has 5 heteroatoms. The van der Waals surface area contributed by atoms with E-state index in [9.17, 15) is 14.8 Å². The van der Waals surface area contributed by atoms with Crippen molar-refractivity contribution in [2.75, 3.05) is 7.11 Å². The fraction of sp³-hybridized carbons (Fsp3) is 0.438. The lowest BCUT2D eigenvalue weighted by Gasteiger charge is -2.30. The summed E-state index contributed by atoms with van der Waals surface area (Å²) in [6.45, 7) is 1.70. The number of carbonyl (C=O) groups excluding carboxylic acids is 2. The quantitative estimate of drug-likeness (QED) is 0.281. The minimum absolute atomic E-state index is 0.00817. The summed E-state index contributed by atoms with van der Waals surface area (Å²) in [4.78, 5) is 23.3. The van der Waals surface area contributed by atoms with Crippen LogP contribution in [0.3, 0.4) is 0 Å². The topological polar surface area (TPSA) is 69.4 Å². The van der Waals surface area contributed by atoms with Crippen LogP contribution in [0.4, 0.5) is 0 Å². The summed E-state index contributed by atoms with van der Waals surface area (Å²) in [7, 11) is 1.32. The number of nitrogens with zero attached hydrogens (tertiary/aromatic N) is 1. The average molecular weight is 289 g/mol. The Morgan fingerprint density at radius 3 is 2.57 bits per heavy atom. The summed E-state index contributed by atoms with van der Waals surface area (Å²) in [5.74, 6) is -0.430. The van der Waals surface area contributed by atoms with Crippen molar-refractivity contribution < 1.29 is 19.1 Å². The molecule has 21 heavy (non-hydrogen) atoms. The molecule has 1 aromatic carbocycles. The number of carbonyl (C=O) groups is 2. The highest BCUT2D eigenvalue weighted by atomic mass is 16.5. The number of Topliss-reactive ketones (excluding diaryl/α,β-unsaturated/α-hetero) is 1. The first kappa shape index (κ1) is 15.2. The SMILES string of the molecule is COC(=O)c1ccc(/C=[N+](\[O-])C2(C)CCCCC2=O)cc1. The lowest BCUT2D eigenvalue weighted by Crippen LogP contribution is -2.46. The number of ether oxygens (including phenoxy) is 1. The van der Waals surface area contributed by atoms with Gasteiger partial charge in [-0.2, -0.15) is 4.74 Å². The largest absolute Gasteiger partial charge is 0.623 e. The van der Waals surface area contributed by atoms with Gasteiger partial charge in [-0.3, -0.25) is 4.79 Å². The van der Waals surface area contributed by atoms with E-state index >= 15 is 0 Å². The van der Waals surface area contributed by atoms with Crippen LogP contribution in [0.2, 0.25) is 0 Å². The van der Waals surface area contributed by atoms with Crippen molar-refractivity contribution in [3.05, 3.63) is 40.6 Å². The molecule has 0 amide bonds. The van der Waals surface area contributed by atoms with Crippen molar-refractivity contribution in [3.8, 4) is 0 Å². The van der Waals surface area contributed by atoms with Gasteiger partial charge in [0.2, 0.25) is 11.3 Å². The number of hydroxylamine groups is 1. The van der Waals surface area contributed by atoms with Crippen LogP contribution >= 0.6 is 0 Å². The Balaban J connectivity index is 2.22. The first-order valence-corrected chi connectivity index (χ1v) is 7.00. The zero-order valence-electron chi connectivity index (χ0n) is 12.3. The second-order valence-corrected chi connectivity index (χ2v) is 5.47. The zero-order valence-corrected chi connectivity index (χ0v) is 12.3. The third-order valence-electron chi connectivity index (χ3n) is 4.00. The van der Waals surface area contributed by atoms with Gasteiger partial charge in [-0.15, -0.1) is 0 Å². The summed E-state index contributed by atoms with van der Waals surface area (Å²) in [6, 6.07) is 6.51. The van der Waals surface area contributed by atoms with Crippen molar-refractivity contribution in [2.45, 2.75) is 38.1 Å². The first-order chi connectivity index (χ1) is 9.97. The lowest BCUT2D eigenvalue weighted by atomic mass is 9.82. The van der Waals surface area contributed by atoms with Crippen molar-refractivity contribution in [1.82, 2.24) is 0 Å². The van der Waals surface area contributed by atoms with Crippen LogP contribution in [0.15, 0.2) is 24.3 Å². The molecule has 2 rings (SSSR count). The van der Waals surface area contributed by atoms with Crippen LogP contribution in [0, 0.1) is 5.21 Å². The van der Waals surface area contributed by atoms with Gasteiger partial charge < -0.3 is 9.94 Å². The summed E-state index contributed by atoms with van der Waals surface area (Å²) < 4.78 is 5.37. The average Bonchev–Trinajstić information content (AvgIpc) is 2.50. The normalized spacial score (nSPS) is 23.0. The molecule has 1 saturated carbocycles. The highest BCUT2D eigenvalue weighted by Gasteiger charge is 2.42. The number of methoxy groups -OCH3 is 1. The van der Waals surface area contributed by atoms with Crippen molar-refractivity contribution in [1.29, 1.82) is 0 Å². The van der Waals surface area contributed by atoms with Crippen LogP contribution in [0.1, 0.15) is 48.5 Å². The van der Waals surface area contributed by atoms with Crippen LogP contribution in [-0.4, -0.2) is 35.4 Å². The molecule has 0 aliphatic heterocycles. The van der Waals surface area contributed by atoms with Gasteiger partial charge in [-0.25, -0.2) is 4.79 Å². The second-order valence-electron chi connectivity index (χ2n) is 5.47. The van der Waals surface area contributed by atoms with Crippen LogP contribution in [0.25, 0.3) is 0 Å². The maximum Gasteiger partial charge on any atom is 0.337 e. The molecule has 0 aromatic heterocycles. The van der Waals surface area contributed by atoms with Crippen LogP contribution < -0.4 is 0 Å². The van der Waals surface area contributed by atoms with Gasteiger partial charge in [0, 0.05) is 25.3 Å². The molecule has 1 unspecified atom stereocenters. The van der Waals surface area contributed by atoms with E-state index in [1.165, 1.54) is 13.3 Å². The molecule has 0 saturated heterocycles. The molecule has 5 nitrogen and oxygen atoms in total. The van der Waals surface area contributed by atoms with Crippen LogP contribution in [-0.2, 0) is 9.53 Å². The summed E-state index contributed by atoms with van der Waals surface area (Å²) in [5, 5.41) is 12.3. The van der Waals surface area contributed by atoms with E-state index in [1.54, 1.807) is 31.2 Å². The van der Waals surface area contributed by atoms with E-state index in [0.717, 1.165) is 17.6 Å². The maximum absolute atomic E-state index is 12.3. The number of ketones is 1. The Hall–Kier alpha value is -2.17. The Kier molecular flexibility index (Phi) is 4.40. The van der Waals surface area contributed by atoms with E-state index in [2.05, 4.69) is 4.74 Å². The highest BCUT2D eigenvalue weighted by molar-refractivity contribution is 5.91. The predicted octanol–water partition coefficient (Wildman–Crippen LogP) is 2.30.